The normalized spacial score (nSPS) is 10.1. The summed E-state index contributed by atoms with van der Waals surface area (Å²) >= 11 is 5.79. The van der Waals surface area contributed by atoms with Crippen molar-refractivity contribution in [1.29, 1.82) is 0 Å². The number of H-pyrrole nitrogens is 1. The van der Waals surface area contributed by atoms with Gasteiger partial charge in [0.1, 0.15) is 0 Å². The molecule has 0 aliphatic rings. The Hall–Kier alpha value is -2.34. The number of nitrogens with one attached hydrogen (secondary N) is 3. The van der Waals surface area contributed by atoms with E-state index >= 15 is 0 Å². The molecule has 2 rings (SSSR count). The molecule has 2 amide bonds. The number of benzene rings is 1. The molecule has 3 N–H and O–H groups in total. The fourth-order valence-corrected chi connectivity index (χ4v) is 1.72. The Morgan fingerprint density at radius 2 is 2.10 bits per heavy atom. The first-order chi connectivity index (χ1) is 9.65. The van der Waals surface area contributed by atoms with E-state index in [-0.39, 0.29) is 18.4 Å². The van der Waals surface area contributed by atoms with E-state index in [9.17, 15) is 9.59 Å². The average molecular weight is 293 g/mol. The molecule has 0 fully saturated rings. The molecule has 0 bridgehead atoms. The number of rotatable bonds is 5. The molecule has 20 heavy (non-hydrogen) atoms. The predicted octanol–water partition coefficient (Wildman–Crippen LogP) is 1.11. The van der Waals surface area contributed by atoms with Gasteiger partial charge in [-0.15, -0.1) is 0 Å². The predicted molar refractivity (Wildman–Crippen MR) is 74.2 cm³/mol. The van der Waals surface area contributed by atoms with Gasteiger partial charge in [-0.2, -0.15) is 5.10 Å². The Morgan fingerprint density at radius 1 is 1.25 bits per heavy atom. The van der Waals surface area contributed by atoms with Gasteiger partial charge in [0.05, 0.1) is 18.8 Å². The molecule has 0 saturated heterocycles. The van der Waals surface area contributed by atoms with E-state index in [1.165, 1.54) is 0 Å². The van der Waals surface area contributed by atoms with Crippen LogP contribution in [-0.4, -0.2) is 28.6 Å². The first kappa shape index (κ1) is 14.1. The maximum Gasteiger partial charge on any atom is 0.251 e. The zero-order valence-corrected chi connectivity index (χ0v) is 11.3. The van der Waals surface area contributed by atoms with Crippen LogP contribution < -0.4 is 10.6 Å². The summed E-state index contributed by atoms with van der Waals surface area (Å²) in [6, 6.07) is 8.28. The van der Waals surface area contributed by atoms with Crippen LogP contribution in [0.2, 0.25) is 5.02 Å². The van der Waals surface area contributed by atoms with Gasteiger partial charge in [-0.3, -0.25) is 14.7 Å². The highest BCUT2D eigenvalue weighted by atomic mass is 35.5. The second-order valence-corrected chi connectivity index (χ2v) is 4.49. The lowest BCUT2D eigenvalue weighted by atomic mass is 10.2. The average Bonchev–Trinajstić information content (AvgIpc) is 2.95. The molecule has 2 aromatic rings. The molecular weight excluding hydrogens is 280 g/mol. The summed E-state index contributed by atoms with van der Waals surface area (Å²) in [5, 5.41) is 12.1. The van der Waals surface area contributed by atoms with Crippen molar-refractivity contribution in [2.24, 2.45) is 0 Å². The van der Waals surface area contributed by atoms with Gasteiger partial charge in [-0.05, 0) is 24.3 Å². The van der Waals surface area contributed by atoms with Gasteiger partial charge in [0.2, 0.25) is 5.91 Å². The zero-order chi connectivity index (χ0) is 14.4. The summed E-state index contributed by atoms with van der Waals surface area (Å²) in [4.78, 5) is 23.3. The van der Waals surface area contributed by atoms with Crippen LogP contribution in [0.3, 0.4) is 0 Å². The largest absolute Gasteiger partial charge is 0.349 e. The van der Waals surface area contributed by atoms with Crippen LogP contribution in [0.25, 0.3) is 0 Å². The third-order valence-electron chi connectivity index (χ3n) is 2.53. The summed E-state index contributed by atoms with van der Waals surface area (Å²) in [6.07, 6.45) is 1.60. The highest BCUT2D eigenvalue weighted by molar-refractivity contribution is 6.30. The van der Waals surface area contributed by atoms with Crippen molar-refractivity contribution in [3.63, 3.8) is 0 Å². The van der Waals surface area contributed by atoms with Crippen molar-refractivity contribution in [3.8, 4) is 0 Å². The summed E-state index contributed by atoms with van der Waals surface area (Å²) in [6.45, 7) is 0.241. The molecule has 0 unspecified atom stereocenters. The summed E-state index contributed by atoms with van der Waals surface area (Å²) in [7, 11) is 0. The van der Waals surface area contributed by atoms with Crippen molar-refractivity contribution >= 4 is 23.4 Å². The minimum atomic E-state index is -0.343. The number of aromatic nitrogens is 2. The molecule has 0 saturated carbocycles. The van der Waals surface area contributed by atoms with Crippen molar-refractivity contribution < 1.29 is 9.59 Å². The third kappa shape index (κ3) is 4.10. The van der Waals surface area contributed by atoms with E-state index < -0.39 is 0 Å². The molecule has 104 valence electrons. The van der Waals surface area contributed by atoms with Crippen molar-refractivity contribution in [1.82, 2.24) is 20.8 Å². The molecule has 1 aromatic heterocycles. The van der Waals surface area contributed by atoms with E-state index in [1.54, 1.807) is 36.5 Å². The highest BCUT2D eigenvalue weighted by Gasteiger charge is 2.08. The maximum atomic E-state index is 11.8. The second-order valence-electron chi connectivity index (χ2n) is 4.05. The van der Waals surface area contributed by atoms with Crippen LogP contribution >= 0.6 is 11.6 Å². The van der Waals surface area contributed by atoms with Gasteiger partial charge in [-0.25, -0.2) is 0 Å². The quantitative estimate of drug-likeness (QED) is 0.771. The fraction of sp³-hybridized carbons (Fsp3) is 0.154. The molecule has 1 aromatic carbocycles. The van der Waals surface area contributed by atoms with E-state index in [1.807, 2.05) is 0 Å². The zero-order valence-electron chi connectivity index (χ0n) is 10.5. The number of aromatic amines is 1. The number of hydrogen-bond donors (Lipinski definition) is 3. The molecule has 7 heteroatoms. The summed E-state index contributed by atoms with van der Waals surface area (Å²) < 4.78 is 0. The van der Waals surface area contributed by atoms with Crippen molar-refractivity contribution in [2.45, 2.75) is 6.54 Å². The lowest BCUT2D eigenvalue weighted by molar-refractivity contribution is -0.120. The highest BCUT2D eigenvalue weighted by Crippen LogP contribution is 2.10. The van der Waals surface area contributed by atoms with Gasteiger partial charge < -0.3 is 10.6 Å². The number of hydrogen-bond acceptors (Lipinski definition) is 3. The molecule has 6 nitrogen and oxygen atoms in total. The van der Waals surface area contributed by atoms with Crippen LogP contribution in [0.1, 0.15) is 16.1 Å². The number of nitrogens with zero attached hydrogens (tertiary/aromatic N) is 1. The molecular formula is C13H13ClN4O2. The van der Waals surface area contributed by atoms with Crippen LogP contribution in [0.5, 0.6) is 0 Å². The number of amides is 2. The van der Waals surface area contributed by atoms with Crippen LogP contribution in [0.4, 0.5) is 0 Å². The second kappa shape index (κ2) is 6.72. The van der Waals surface area contributed by atoms with Gasteiger partial charge in [0, 0.05) is 16.8 Å². The van der Waals surface area contributed by atoms with Gasteiger partial charge >= 0.3 is 0 Å². The molecule has 0 radical (unpaired) electrons. The number of carbonyl (C=O) groups excluding carboxylic acids is 2. The SMILES string of the molecule is O=C(CNC(=O)c1cccc(Cl)c1)NCc1ccn[nH]1. The smallest absolute Gasteiger partial charge is 0.251 e. The third-order valence-corrected chi connectivity index (χ3v) is 2.77. The molecule has 1 heterocycles. The first-order valence-electron chi connectivity index (χ1n) is 5.94. The standard InChI is InChI=1S/C13H13ClN4O2/c14-10-3-1-2-9(6-10)13(20)16-8-12(19)15-7-11-4-5-17-18-11/h1-6H,7-8H2,(H,15,19)(H,16,20)(H,17,18). The Morgan fingerprint density at radius 3 is 2.80 bits per heavy atom. The van der Waals surface area contributed by atoms with E-state index in [2.05, 4.69) is 20.8 Å². The maximum absolute atomic E-state index is 11.8. The summed E-state index contributed by atoms with van der Waals surface area (Å²) in [5.74, 6) is -0.626. The van der Waals surface area contributed by atoms with Gasteiger partial charge in [0.15, 0.2) is 0 Å². The Kier molecular flexibility index (Phi) is 4.73. The molecule has 0 atom stereocenters. The Bertz CT molecular complexity index is 598. The fourth-order valence-electron chi connectivity index (χ4n) is 1.53. The van der Waals surface area contributed by atoms with Gasteiger partial charge in [-0.1, -0.05) is 17.7 Å². The minimum Gasteiger partial charge on any atom is -0.349 e. The molecule has 0 aliphatic heterocycles. The van der Waals surface area contributed by atoms with E-state index in [0.717, 1.165) is 5.69 Å². The van der Waals surface area contributed by atoms with E-state index in [4.69, 9.17) is 11.6 Å². The van der Waals surface area contributed by atoms with Crippen LogP contribution in [0.15, 0.2) is 36.5 Å². The monoisotopic (exact) mass is 292 g/mol. The first-order valence-corrected chi connectivity index (χ1v) is 6.31. The Balaban J connectivity index is 1.77. The lowest BCUT2D eigenvalue weighted by Gasteiger charge is -2.06. The molecule has 0 aliphatic carbocycles. The number of carbonyl (C=O) groups is 2. The molecule has 0 spiro atoms. The topological polar surface area (TPSA) is 86.9 Å². The minimum absolute atomic E-state index is 0.0977. The summed E-state index contributed by atoms with van der Waals surface area (Å²) in [5.41, 5.74) is 1.21. The van der Waals surface area contributed by atoms with Crippen molar-refractivity contribution in [3.05, 3.63) is 52.8 Å². The van der Waals surface area contributed by atoms with Crippen LogP contribution in [0, 0.1) is 0 Å². The number of halogens is 1. The Labute approximate surface area is 120 Å². The van der Waals surface area contributed by atoms with Crippen LogP contribution in [-0.2, 0) is 11.3 Å². The van der Waals surface area contributed by atoms with E-state index in [0.29, 0.717) is 17.1 Å². The van der Waals surface area contributed by atoms with Gasteiger partial charge in [0.25, 0.3) is 5.91 Å². The lowest BCUT2D eigenvalue weighted by Crippen LogP contribution is -2.36. The van der Waals surface area contributed by atoms with Crippen molar-refractivity contribution in [2.75, 3.05) is 6.54 Å².